The monoisotopic (exact) mass is 377 g/mol. The average molecular weight is 377 g/mol. The quantitative estimate of drug-likeness (QED) is 0.727. The number of amides is 1. The number of nitrogens with one attached hydrogen (secondary N) is 2. The third kappa shape index (κ3) is 4.06. The van der Waals surface area contributed by atoms with E-state index in [2.05, 4.69) is 10.6 Å². The lowest BCUT2D eigenvalue weighted by atomic mass is 10.2. The smallest absolute Gasteiger partial charge is 0.246 e. The van der Waals surface area contributed by atoms with Crippen LogP contribution in [0.15, 0.2) is 47.4 Å². The molecule has 3 rings (SSSR count). The number of carbonyl (C=O) groups excluding carboxylic acids is 1. The predicted molar refractivity (Wildman–Crippen MR) is 97.0 cm³/mol. The van der Waals surface area contributed by atoms with Crippen LogP contribution >= 0.6 is 0 Å². The molecule has 4 N–H and O–H groups in total. The summed E-state index contributed by atoms with van der Waals surface area (Å²) < 4.78 is 33.6. The molecule has 2 aromatic carbocycles. The maximum absolute atomic E-state index is 12.4. The van der Waals surface area contributed by atoms with Crippen LogP contribution in [0.2, 0.25) is 0 Å². The van der Waals surface area contributed by atoms with Crippen molar-refractivity contribution in [2.24, 2.45) is 5.14 Å². The minimum atomic E-state index is -3.76. The van der Waals surface area contributed by atoms with Gasteiger partial charge in [-0.3, -0.25) is 4.79 Å². The highest BCUT2D eigenvalue weighted by Crippen LogP contribution is 2.37. The highest BCUT2D eigenvalue weighted by Gasteiger charge is 2.19. The van der Waals surface area contributed by atoms with Gasteiger partial charge >= 0.3 is 0 Å². The summed E-state index contributed by atoms with van der Waals surface area (Å²) in [6, 6.07) is 10.5. The summed E-state index contributed by atoms with van der Waals surface area (Å²) in [6.07, 6.45) is 0. The highest BCUT2D eigenvalue weighted by molar-refractivity contribution is 7.89. The van der Waals surface area contributed by atoms with Gasteiger partial charge in [-0.2, -0.15) is 0 Å². The van der Waals surface area contributed by atoms with Crippen LogP contribution in [0.25, 0.3) is 0 Å². The molecule has 2 aromatic rings. The van der Waals surface area contributed by atoms with E-state index >= 15 is 0 Å². The third-order valence-electron chi connectivity index (χ3n) is 3.78. The van der Waals surface area contributed by atoms with E-state index in [0.717, 1.165) is 0 Å². The average Bonchev–Trinajstić information content (AvgIpc) is 2.61. The Kier molecular flexibility index (Phi) is 5.01. The Morgan fingerprint density at radius 2 is 1.81 bits per heavy atom. The second-order valence-electron chi connectivity index (χ2n) is 5.75. The number of ether oxygens (including phenoxy) is 2. The molecule has 138 valence electrons. The molecule has 0 aromatic heterocycles. The van der Waals surface area contributed by atoms with Gasteiger partial charge < -0.3 is 20.1 Å². The molecular weight excluding hydrogens is 358 g/mol. The van der Waals surface area contributed by atoms with Crippen LogP contribution in [0.1, 0.15) is 6.92 Å². The number of primary sulfonamides is 1. The number of nitrogens with two attached hydrogens (primary N) is 1. The molecule has 9 heteroatoms. The molecule has 0 spiro atoms. The van der Waals surface area contributed by atoms with Gasteiger partial charge in [-0.05, 0) is 43.3 Å². The summed E-state index contributed by atoms with van der Waals surface area (Å²) in [7, 11) is -3.76. The van der Waals surface area contributed by atoms with Crippen molar-refractivity contribution in [3.05, 3.63) is 42.5 Å². The van der Waals surface area contributed by atoms with Crippen molar-refractivity contribution in [2.45, 2.75) is 17.9 Å². The summed E-state index contributed by atoms with van der Waals surface area (Å²) in [5.41, 5.74) is 1.13. The molecule has 0 fully saturated rings. The normalized spacial score (nSPS) is 14.4. The van der Waals surface area contributed by atoms with Gasteiger partial charge in [-0.25, -0.2) is 13.6 Å². The van der Waals surface area contributed by atoms with Crippen LogP contribution in [0.5, 0.6) is 11.5 Å². The molecule has 1 aliphatic rings. The van der Waals surface area contributed by atoms with E-state index in [9.17, 15) is 13.2 Å². The van der Waals surface area contributed by atoms with Crippen molar-refractivity contribution in [3.63, 3.8) is 0 Å². The molecule has 1 aliphatic heterocycles. The highest BCUT2D eigenvalue weighted by atomic mass is 32.2. The SMILES string of the molecule is C[C@@H](Nc1cccc2c1OCCO2)C(=O)Nc1ccc(S(N)(=O)=O)cc1. The minimum Gasteiger partial charge on any atom is -0.486 e. The van der Waals surface area contributed by atoms with Crippen molar-refractivity contribution in [1.29, 1.82) is 0 Å². The van der Waals surface area contributed by atoms with Gasteiger partial charge in [0.2, 0.25) is 15.9 Å². The summed E-state index contributed by atoms with van der Waals surface area (Å²) in [5, 5.41) is 10.9. The van der Waals surface area contributed by atoms with Crippen molar-refractivity contribution in [1.82, 2.24) is 0 Å². The van der Waals surface area contributed by atoms with E-state index in [1.54, 1.807) is 19.1 Å². The molecule has 1 heterocycles. The fraction of sp³-hybridized carbons (Fsp3) is 0.235. The van der Waals surface area contributed by atoms with Crippen LogP contribution in [0.3, 0.4) is 0 Å². The Labute approximate surface area is 151 Å². The Hall–Kier alpha value is -2.78. The summed E-state index contributed by atoms with van der Waals surface area (Å²) in [5.74, 6) is 0.922. The van der Waals surface area contributed by atoms with Crippen LogP contribution in [0.4, 0.5) is 11.4 Å². The topological polar surface area (TPSA) is 120 Å². The van der Waals surface area contributed by atoms with Crippen LogP contribution < -0.4 is 25.2 Å². The molecule has 0 unspecified atom stereocenters. The van der Waals surface area contributed by atoms with Gasteiger partial charge in [0, 0.05) is 5.69 Å². The molecule has 26 heavy (non-hydrogen) atoms. The van der Waals surface area contributed by atoms with Gasteiger partial charge in [0.05, 0.1) is 10.6 Å². The van der Waals surface area contributed by atoms with Crippen molar-refractivity contribution in [2.75, 3.05) is 23.8 Å². The number of benzene rings is 2. The van der Waals surface area contributed by atoms with Crippen LogP contribution in [-0.2, 0) is 14.8 Å². The molecule has 1 atom stereocenters. The van der Waals surface area contributed by atoms with E-state index in [4.69, 9.17) is 14.6 Å². The zero-order valence-corrected chi connectivity index (χ0v) is 14.9. The largest absolute Gasteiger partial charge is 0.486 e. The van der Waals surface area contributed by atoms with Gasteiger partial charge in [0.15, 0.2) is 11.5 Å². The van der Waals surface area contributed by atoms with E-state index in [1.807, 2.05) is 6.07 Å². The van der Waals surface area contributed by atoms with E-state index in [1.165, 1.54) is 24.3 Å². The lowest BCUT2D eigenvalue weighted by Gasteiger charge is -2.23. The second kappa shape index (κ2) is 7.22. The number of carbonyl (C=O) groups is 1. The Morgan fingerprint density at radius 3 is 2.50 bits per heavy atom. The lowest BCUT2D eigenvalue weighted by molar-refractivity contribution is -0.116. The van der Waals surface area contributed by atoms with Crippen molar-refractivity contribution < 1.29 is 22.7 Å². The molecule has 0 saturated carbocycles. The van der Waals surface area contributed by atoms with E-state index in [0.29, 0.717) is 36.1 Å². The number of hydrogen-bond donors (Lipinski definition) is 3. The molecule has 8 nitrogen and oxygen atoms in total. The van der Waals surface area contributed by atoms with Crippen LogP contribution in [-0.4, -0.2) is 33.6 Å². The molecular formula is C17H19N3O5S. The second-order valence-corrected chi connectivity index (χ2v) is 7.32. The molecule has 0 bridgehead atoms. The minimum absolute atomic E-state index is 0.0188. The van der Waals surface area contributed by atoms with Crippen molar-refractivity contribution in [3.8, 4) is 11.5 Å². The summed E-state index contributed by atoms with van der Waals surface area (Å²) >= 11 is 0. The zero-order chi connectivity index (χ0) is 18.7. The maximum atomic E-state index is 12.4. The number of anilines is 2. The number of sulfonamides is 1. The molecule has 0 saturated heterocycles. The van der Waals surface area contributed by atoms with Crippen LogP contribution in [0, 0.1) is 0 Å². The van der Waals surface area contributed by atoms with Gasteiger partial charge in [-0.15, -0.1) is 0 Å². The van der Waals surface area contributed by atoms with Gasteiger partial charge in [0.25, 0.3) is 0 Å². The number of para-hydroxylation sites is 1. The predicted octanol–water partition coefficient (Wildman–Crippen LogP) is 1.54. The van der Waals surface area contributed by atoms with E-state index < -0.39 is 16.1 Å². The molecule has 0 aliphatic carbocycles. The maximum Gasteiger partial charge on any atom is 0.246 e. The fourth-order valence-corrected chi connectivity index (χ4v) is 2.98. The standard InChI is InChI=1S/C17H19N3O5S/c1-11(19-14-3-2-4-15-16(14)25-10-9-24-15)17(21)20-12-5-7-13(8-6-12)26(18,22)23/h2-8,11,19H,9-10H2,1H3,(H,20,21)(H2,18,22,23)/t11-/m1/s1. The summed E-state index contributed by atoms with van der Waals surface area (Å²) in [4.78, 5) is 12.4. The lowest BCUT2D eigenvalue weighted by Crippen LogP contribution is -2.32. The Balaban J connectivity index is 1.67. The first-order chi connectivity index (χ1) is 12.3. The van der Waals surface area contributed by atoms with E-state index in [-0.39, 0.29) is 10.8 Å². The first-order valence-electron chi connectivity index (χ1n) is 7.93. The first-order valence-corrected chi connectivity index (χ1v) is 9.48. The number of fused-ring (bicyclic) bond motifs is 1. The Bertz CT molecular complexity index is 912. The number of hydrogen-bond acceptors (Lipinski definition) is 6. The fourth-order valence-electron chi connectivity index (χ4n) is 2.46. The zero-order valence-electron chi connectivity index (χ0n) is 14.1. The van der Waals surface area contributed by atoms with Gasteiger partial charge in [0.1, 0.15) is 19.3 Å². The van der Waals surface area contributed by atoms with Crippen molar-refractivity contribution >= 4 is 27.3 Å². The number of rotatable bonds is 5. The molecule has 1 amide bonds. The third-order valence-corrected chi connectivity index (χ3v) is 4.71. The Morgan fingerprint density at radius 1 is 1.12 bits per heavy atom. The van der Waals surface area contributed by atoms with Gasteiger partial charge in [-0.1, -0.05) is 6.07 Å². The molecule has 0 radical (unpaired) electrons. The summed E-state index contributed by atoms with van der Waals surface area (Å²) in [6.45, 7) is 2.64. The first kappa shape index (κ1) is 18.0.